The van der Waals surface area contributed by atoms with Gasteiger partial charge in [0.1, 0.15) is 30.5 Å². The number of nitrogen functional groups attached to an aromatic ring is 1. The average Bonchev–Trinajstić information content (AvgIpc) is 3.31. The first-order valence-corrected chi connectivity index (χ1v) is 11.8. The van der Waals surface area contributed by atoms with Crippen molar-refractivity contribution in [2.75, 3.05) is 18.6 Å². The van der Waals surface area contributed by atoms with E-state index in [0.717, 1.165) is 22.1 Å². The van der Waals surface area contributed by atoms with Gasteiger partial charge in [0.05, 0.1) is 11.7 Å². The molecule has 0 aliphatic carbocycles. The Balaban J connectivity index is 1.38. The van der Waals surface area contributed by atoms with Crippen molar-refractivity contribution in [3.8, 4) is 0 Å². The summed E-state index contributed by atoms with van der Waals surface area (Å²) < 4.78 is 6.84. The summed E-state index contributed by atoms with van der Waals surface area (Å²) in [7, 11) is 1.25. The van der Waals surface area contributed by atoms with Crippen LogP contribution >= 0.6 is 11.8 Å². The Labute approximate surface area is 208 Å². The predicted molar refractivity (Wildman–Crippen MR) is 126 cm³/mol. The SMILES string of the molecule is CON=C(C(=O)NC1C(=O)N2C(C(=O)[O-])=C(C[n+]3cccc4ccccc43)CS[C@@H]12)c1coc(N)n1. The molecule has 13 heteroatoms. The minimum atomic E-state index is -1.45. The molecule has 2 amide bonds. The number of amides is 2. The second kappa shape index (κ2) is 9.34. The molecular formula is C23H20N6O6S. The van der Waals surface area contributed by atoms with E-state index in [0.29, 0.717) is 11.3 Å². The van der Waals surface area contributed by atoms with Gasteiger partial charge in [-0.1, -0.05) is 17.3 Å². The Hall–Kier alpha value is -4.39. The minimum absolute atomic E-state index is 0.0245. The molecule has 3 aromatic rings. The molecule has 2 aliphatic heterocycles. The molecule has 4 heterocycles. The molecule has 12 nitrogen and oxygen atoms in total. The Morgan fingerprint density at radius 2 is 2.14 bits per heavy atom. The number of anilines is 1. The Kier molecular flexibility index (Phi) is 6.06. The Bertz CT molecular complexity index is 1440. The van der Waals surface area contributed by atoms with E-state index < -0.39 is 29.2 Å². The molecule has 0 bridgehead atoms. The molecule has 5 rings (SSSR count). The summed E-state index contributed by atoms with van der Waals surface area (Å²) in [5.41, 5.74) is 6.54. The topological polar surface area (TPSA) is 167 Å². The van der Waals surface area contributed by atoms with Crippen LogP contribution in [-0.2, 0) is 25.8 Å². The second-order valence-electron chi connectivity index (χ2n) is 7.99. The van der Waals surface area contributed by atoms with E-state index >= 15 is 0 Å². The number of carbonyl (C=O) groups excluding carboxylic acids is 3. The number of hydrogen-bond donors (Lipinski definition) is 2. The summed E-state index contributed by atoms with van der Waals surface area (Å²) in [6, 6.07) is 10.4. The van der Waals surface area contributed by atoms with E-state index in [9.17, 15) is 19.5 Å². The highest BCUT2D eigenvalue weighted by molar-refractivity contribution is 8.00. The number of carboxylic acid groups (broad SMARTS) is 1. The highest BCUT2D eigenvalue weighted by Crippen LogP contribution is 2.40. The van der Waals surface area contributed by atoms with E-state index in [4.69, 9.17) is 15.0 Å². The quantitative estimate of drug-likeness (QED) is 0.179. The second-order valence-corrected chi connectivity index (χ2v) is 9.09. The maximum Gasteiger partial charge on any atom is 0.292 e. The number of fused-ring (bicyclic) bond motifs is 2. The van der Waals surface area contributed by atoms with Crippen molar-refractivity contribution in [1.29, 1.82) is 0 Å². The van der Waals surface area contributed by atoms with Gasteiger partial charge in [-0.15, -0.1) is 11.8 Å². The van der Waals surface area contributed by atoms with Gasteiger partial charge in [-0.25, -0.2) is 0 Å². The highest BCUT2D eigenvalue weighted by atomic mass is 32.2. The van der Waals surface area contributed by atoms with Gasteiger partial charge in [-0.3, -0.25) is 14.5 Å². The van der Waals surface area contributed by atoms with E-state index in [1.165, 1.54) is 18.9 Å². The number of hydrogen-bond acceptors (Lipinski definition) is 10. The number of nitrogens with two attached hydrogens (primary N) is 1. The summed E-state index contributed by atoms with van der Waals surface area (Å²) in [6.45, 7) is 0.267. The van der Waals surface area contributed by atoms with Crippen LogP contribution in [0, 0.1) is 0 Å². The van der Waals surface area contributed by atoms with Crippen LogP contribution in [0.5, 0.6) is 0 Å². The number of β-lactam (4-membered cyclic amide) rings is 1. The van der Waals surface area contributed by atoms with Crippen LogP contribution < -0.4 is 20.7 Å². The first-order valence-electron chi connectivity index (χ1n) is 10.8. The summed E-state index contributed by atoms with van der Waals surface area (Å²) >= 11 is 1.35. The summed E-state index contributed by atoms with van der Waals surface area (Å²) in [5.74, 6) is -2.44. The van der Waals surface area contributed by atoms with Gasteiger partial charge in [-0.2, -0.15) is 9.55 Å². The number of benzene rings is 1. The van der Waals surface area contributed by atoms with Crippen molar-refractivity contribution in [2.24, 2.45) is 5.16 Å². The first-order chi connectivity index (χ1) is 17.4. The monoisotopic (exact) mass is 508 g/mol. The molecule has 1 aromatic carbocycles. The van der Waals surface area contributed by atoms with E-state index in [-0.39, 0.29) is 29.7 Å². The number of para-hydroxylation sites is 1. The highest BCUT2D eigenvalue weighted by Gasteiger charge is 2.53. The van der Waals surface area contributed by atoms with Gasteiger partial charge in [-0.05, 0) is 12.1 Å². The maximum absolute atomic E-state index is 13.0. The fourth-order valence-electron chi connectivity index (χ4n) is 4.26. The van der Waals surface area contributed by atoms with Gasteiger partial charge >= 0.3 is 0 Å². The number of pyridine rings is 1. The summed E-state index contributed by atoms with van der Waals surface area (Å²) in [6.07, 6.45) is 2.98. The first kappa shape index (κ1) is 23.4. The number of aromatic nitrogens is 2. The number of nitrogens with zero attached hydrogens (tertiary/aromatic N) is 4. The molecule has 1 unspecified atom stereocenters. The third-order valence-corrected chi connectivity index (χ3v) is 7.18. The average molecular weight is 509 g/mol. The fraction of sp³-hybridized carbons (Fsp3) is 0.217. The van der Waals surface area contributed by atoms with E-state index in [2.05, 4.69) is 15.5 Å². The third-order valence-electron chi connectivity index (χ3n) is 5.84. The molecule has 0 spiro atoms. The molecular weight excluding hydrogens is 488 g/mol. The van der Waals surface area contributed by atoms with Gasteiger partial charge in [0, 0.05) is 28.8 Å². The standard InChI is InChI=1S/C23H20N6O6S/c1-34-27-16(14-10-35-23(24)25-14)19(30)26-17-20(31)29-18(22(32)33)13(11-36-21(17)29)9-28-8-4-6-12-5-2-3-7-15(12)28/h2-8,10,17,21H,9,11H2,1H3,(H3-,24,25,26,30,32,33)/t17?,21-/m0/s1. The zero-order valence-corrected chi connectivity index (χ0v) is 19.7. The van der Waals surface area contributed by atoms with Crippen molar-refractivity contribution < 1.29 is 33.3 Å². The van der Waals surface area contributed by atoms with Crippen molar-refractivity contribution in [3.63, 3.8) is 0 Å². The number of oxazole rings is 1. The van der Waals surface area contributed by atoms with Crippen LogP contribution in [-0.4, -0.2) is 57.7 Å². The molecule has 2 atom stereocenters. The molecule has 0 saturated carbocycles. The van der Waals surface area contributed by atoms with Crippen molar-refractivity contribution >= 4 is 52.2 Å². The normalized spacial score (nSPS) is 19.6. The molecule has 0 radical (unpaired) electrons. The minimum Gasteiger partial charge on any atom is -0.543 e. The smallest absolute Gasteiger partial charge is 0.292 e. The number of nitrogens with one attached hydrogen (secondary N) is 1. The van der Waals surface area contributed by atoms with Crippen LogP contribution in [0.1, 0.15) is 5.69 Å². The number of carboxylic acids is 1. The van der Waals surface area contributed by atoms with Crippen LogP contribution in [0.15, 0.2) is 69.7 Å². The van der Waals surface area contributed by atoms with Gasteiger partial charge in [0.15, 0.2) is 18.5 Å². The van der Waals surface area contributed by atoms with Crippen LogP contribution in [0.2, 0.25) is 0 Å². The molecule has 2 aliphatic rings. The summed E-state index contributed by atoms with van der Waals surface area (Å²) in [4.78, 5) is 47.7. The number of rotatable bonds is 7. The Morgan fingerprint density at radius 1 is 1.36 bits per heavy atom. The molecule has 184 valence electrons. The van der Waals surface area contributed by atoms with Crippen molar-refractivity contribution in [3.05, 3.63) is 65.8 Å². The lowest BCUT2D eigenvalue weighted by Gasteiger charge is -2.50. The van der Waals surface area contributed by atoms with Crippen molar-refractivity contribution in [1.82, 2.24) is 15.2 Å². The summed E-state index contributed by atoms with van der Waals surface area (Å²) in [5, 5.41) is 18.7. The van der Waals surface area contributed by atoms with Crippen molar-refractivity contribution in [2.45, 2.75) is 18.0 Å². The van der Waals surface area contributed by atoms with Gasteiger partial charge in [0.25, 0.3) is 17.8 Å². The molecule has 1 saturated heterocycles. The zero-order valence-electron chi connectivity index (χ0n) is 18.9. The molecule has 36 heavy (non-hydrogen) atoms. The van der Waals surface area contributed by atoms with Crippen LogP contribution in [0.3, 0.4) is 0 Å². The number of oxime groups is 1. The lowest BCUT2D eigenvalue weighted by Crippen LogP contribution is -2.71. The van der Waals surface area contributed by atoms with Crippen LogP contribution in [0.4, 0.5) is 6.01 Å². The lowest BCUT2D eigenvalue weighted by atomic mass is 10.0. The fourth-order valence-corrected chi connectivity index (χ4v) is 5.59. The predicted octanol–water partition coefficient (Wildman–Crippen LogP) is -0.848. The number of thioether (sulfide) groups is 1. The van der Waals surface area contributed by atoms with E-state index in [1.807, 2.05) is 47.2 Å². The number of aliphatic carboxylic acids is 1. The third kappa shape index (κ3) is 4.02. The molecule has 2 aromatic heterocycles. The van der Waals surface area contributed by atoms with Gasteiger partial charge < -0.3 is 30.2 Å². The maximum atomic E-state index is 13.0. The molecule has 3 N–H and O–H groups in total. The lowest BCUT2D eigenvalue weighted by molar-refractivity contribution is -0.663. The number of carbonyl (C=O) groups is 3. The largest absolute Gasteiger partial charge is 0.543 e. The van der Waals surface area contributed by atoms with E-state index in [1.54, 1.807) is 0 Å². The van der Waals surface area contributed by atoms with Crippen LogP contribution in [0.25, 0.3) is 10.9 Å². The zero-order chi connectivity index (χ0) is 25.4. The van der Waals surface area contributed by atoms with Gasteiger partial charge in [0.2, 0.25) is 5.52 Å². The molecule has 1 fully saturated rings. The Morgan fingerprint density at radius 3 is 2.86 bits per heavy atom.